The van der Waals surface area contributed by atoms with Crippen molar-refractivity contribution in [3.63, 3.8) is 0 Å². The first kappa shape index (κ1) is 30.0. The van der Waals surface area contributed by atoms with Crippen molar-refractivity contribution in [3.8, 4) is 5.75 Å². The normalized spacial score (nSPS) is 23.8. The maximum atomic E-state index is 14.4. The number of rotatable bonds is 11. The molecule has 0 aromatic heterocycles. The van der Waals surface area contributed by atoms with E-state index in [1.165, 1.54) is 0 Å². The van der Waals surface area contributed by atoms with E-state index < -0.39 is 11.6 Å². The van der Waals surface area contributed by atoms with Gasteiger partial charge in [-0.3, -0.25) is 4.79 Å². The summed E-state index contributed by atoms with van der Waals surface area (Å²) < 4.78 is 13.1. The lowest BCUT2D eigenvalue weighted by Crippen LogP contribution is -2.52. The molecule has 3 aromatic rings. The summed E-state index contributed by atoms with van der Waals surface area (Å²) >= 11 is 3.69. The Bertz CT molecular complexity index is 1390. The summed E-state index contributed by atoms with van der Waals surface area (Å²) in [6, 6.07) is 25.2. The number of aliphatic imine (C=N–C) groups is 1. The van der Waals surface area contributed by atoms with E-state index in [2.05, 4.69) is 21.2 Å². The van der Waals surface area contributed by atoms with Gasteiger partial charge >= 0.3 is 0 Å². The van der Waals surface area contributed by atoms with Crippen molar-refractivity contribution in [2.24, 2.45) is 4.99 Å². The third-order valence-corrected chi connectivity index (χ3v) is 8.51. The number of carbonyl (C=O) groups excluding carboxylic acids is 1. The summed E-state index contributed by atoms with van der Waals surface area (Å²) in [5.41, 5.74) is 1.34. The van der Waals surface area contributed by atoms with Gasteiger partial charge in [0.25, 0.3) is 5.91 Å². The fraction of sp³-hybridized carbons (Fsp3) is 0.353. The zero-order chi connectivity index (χ0) is 29.4. The molecule has 2 aliphatic rings. The molecule has 1 saturated carbocycles. The van der Waals surface area contributed by atoms with Gasteiger partial charge in [-0.05, 0) is 61.6 Å². The Morgan fingerprint density at radius 1 is 1.02 bits per heavy atom. The number of hydrogen-bond donors (Lipinski definition) is 3. The number of hydrogen-bond acceptors (Lipinski definition) is 6. The van der Waals surface area contributed by atoms with Gasteiger partial charge in [-0.1, -0.05) is 76.6 Å². The second-order valence-electron chi connectivity index (χ2n) is 10.8. The number of nitrogens with zero attached hydrogens (tertiary/aromatic N) is 1. The third kappa shape index (κ3) is 7.12. The average molecular weight is 634 g/mol. The first-order chi connectivity index (χ1) is 20.5. The third-order valence-electron chi connectivity index (χ3n) is 7.79. The van der Waals surface area contributed by atoms with Gasteiger partial charge in [-0.25, -0.2) is 4.99 Å². The van der Waals surface area contributed by atoms with E-state index in [1.807, 2.05) is 91.0 Å². The van der Waals surface area contributed by atoms with Crippen molar-refractivity contribution in [3.05, 3.63) is 106 Å². The molecule has 3 N–H and O–H groups in total. The minimum atomic E-state index is -1.27. The van der Waals surface area contributed by atoms with E-state index >= 15 is 0 Å². The Labute approximate surface area is 255 Å². The predicted molar refractivity (Wildman–Crippen MR) is 167 cm³/mol. The molecule has 42 heavy (non-hydrogen) atoms. The number of aliphatic hydroxyl groups excluding tert-OH is 2. The van der Waals surface area contributed by atoms with E-state index in [9.17, 15) is 9.90 Å². The van der Waals surface area contributed by atoms with E-state index in [1.54, 1.807) is 0 Å². The highest BCUT2D eigenvalue weighted by atomic mass is 79.9. The number of nitrogens with one attached hydrogen (secondary N) is 1. The average Bonchev–Trinajstić information content (AvgIpc) is 3.40. The van der Waals surface area contributed by atoms with Crippen molar-refractivity contribution in [2.45, 2.75) is 62.3 Å². The molecule has 5 rings (SSSR count). The van der Waals surface area contributed by atoms with Gasteiger partial charge < -0.3 is 25.0 Å². The highest BCUT2D eigenvalue weighted by Crippen LogP contribution is 2.45. The SMILES string of the molecule is O=C(NC1CCC(O)CC1)[C@]1(C/C=C/c2ccccc2)N=C(c2ccc(OCCCO)cc2)O[C@@H]1c1ccccc1Br. The smallest absolute Gasteiger partial charge is 0.252 e. The van der Waals surface area contributed by atoms with Gasteiger partial charge in [0.15, 0.2) is 11.6 Å². The number of carbonyl (C=O) groups is 1. The van der Waals surface area contributed by atoms with Crippen LogP contribution in [0.3, 0.4) is 0 Å². The van der Waals surface area contributed by atoms with Crippen LogP contribution in [0.15, 0.2) is 94.4 Å². The molecule has 0 radical (unpaired) electrons. The first-order valence-corrected chi connectivity index (χ1v) is 15.3. The zero-order valence-corrected chi connectivity index (χ0v) is 25.1. The Hall–Kier alpha value is -3.46. The second kappa shape index (κ2) is 14.1. The Morgan fingerprint density at radius 2 is 1.74 bits per heavy atom. The molecule has 0 bridgehead atoms. The summed E-state index contributed by atoms with van der Waals surface area (Å²) in [6.07, 6.45) is 6.65. The van der Waals surface area contributed by atoms with Crippen LogP contribution in [0.2, 0.25) is 0 Å². The predicted octanol–water partition coefficient (Wildman–Crippen LogP) is 5.99. The molecule has 0 saturated heterocycles. The van der Waals surface area contributed by atoms with Crippen molar-refractivity contribution in [1.82, 2.24) is 5.32 Å². The molecule has 8 heteroatoms. The highest BCUT2D eigenvalue weighted by molar-refractivity contribution is 9.10. The number of benzene rings is 3. The largest absolute Gasteiger partial charge is 0.494 e. The lowest BCUT2D eigenvalue weighted by atomic mass is 9.83. The van der Waals surface area contributed by atoms with Gasteiger partial charge in [0.1, 0.15) is 5.75 Å². The minimum absolute atomic E-state index is 0.0367. The lowest BCUT2D eigenvalue weighted by molar-refractivity contribution is -0.130. The Kier molecular flexibility index (Phi) is 10.1. The minimum Gasteiger partial charge on any atom is -0.494 e. The maximum Gasteiger partial charge on any atom is 0.252 e. The van der Waals surface area contributed by atoms with E-state index in [0.717, 1.165) is 34.0 Å². The van der Waals surface area contributed by atoms with Crippen LogP contribution in [-0.2, 0) is 9.53 Å². The van der Waals surface area contributed by atoms with Gasteiger partial charge in [0.2, 0.25) is 5.90 Å². The lowest BCUT2D eigenvalue weighted by Gasteiger charge is -2.33. The standard InChI is InChI=1S/C34H37BrN2O5/c35-30-12-5-4-11-29(30)31-34(21-6-10-24-8-2-1-3-9-24,33(40)36-26-15-17-27(39)18-16-26)37-32(42-31)25-13-19-28(20-14-25)41-23-7-22-38/h1-6,8-14,19-20,26-27,31,38-39H,7,15-18,21-23H2,(H,36,40)/b10-6+/t26?,27?,31-,34-/m1/s1. The van der Waals surface area contributed by atoms with Gasteiger partial charge in [0, 0.05) is 41.1 Å². The van der Waals surface area contributed by atoms with Gasteiger partial charge in [-0.15, -0.1) is 0 Å². The molecule has 1 heterocycles. The summed E-state index contributed by atoms with van der Waals surface area (Å²) in [5.74, 6) is 0.878. The fourth-order valence-electron chi connectivity index (χ4n) is 5.45. The quantitative estimate of drug-likeness (QED) is 0.225. The number of ether oxygens (including phenoxy) is 2. The first-order valence-electron chi connectivity index (χ1n) is 14.5. The zero-order valence-electron chi connectivity index (χ0n) is 23.5. The molecular formula is C34H37BrN2O5. The highest BCUT2D eigenvalue weighted by Gasteiger charge is 2.53. The van der Waals surface area contributed by atoms with Crippen molar-refractivity contribution in [1.29, 1.82) is 0 Å². The summed E-state index contributed by atoms with van der Waals surface area (Å²) in [6.45, 7) is 0.496. The molecule has 0 unspecified atom stereocenters. The molecule has 2 atom stereocenters. The van der Waals surface area contributed by atoms with Crippen LogP contribution < -0.4 is 10.1 Å². The fourth-order valence-corrected chi connectivity index (χ4v) is 5.94. The van der Waals surface area contributed by atoms with Crippen molar-refractivity contribution >= 4 is 33.8 Å². The summed E-state index contributed by atoms with van der Waals surface area (Å²) in [5, 5.41) is 22.3. The number of amides is 1. The second-order valence-corrected chi connectivity index (χ2v) is 11.7. The van der Waals surface area contributed by atoms with Gasteiger partial charge in [0.05, 0.1) is 12.7 Å². The topological polar surface area (TPSA) is 100 Å². The van der Waals surface area contributed by atoms with Crippen LogP contribution in [0, 0.1) is 0 Å². The van der Waals surface area contributed by atoms with Crippen molar-refractivity contribution < 1.29 is 24.5 Å². The van der Waals surface area contributed by atoms with Crippen LogP contribution in [0.1, 0.15) is 61.3 Å². The Balaban J connectivity index is 1.52. The molecule has 0 spiro atoms. The van der Waals surface area contributed by atoms with E-state index in [0.29, 0.717) is 43.9 Å². The molecule has 7 nitrogen and oxygen atoms in total. The van der Waals surface area contributed by atoms with Gasteiger partial charge in [-0.2, -0.15) is 0 Å². The maximum absolute atomic E-state index is 14.4. The summed E-state index contributed by atoms with van der Waals surface area (Å²) in [7, 11) is 0. The number of halogens is 1. The monoisotopic (exact) mass is 632 g/mol. The summed E-state index contributed by atoms with van der Waals surface area (Å²) in [4.78, 5) is 19.5. The molecule has 1 aliphatic heterocycles. The number of aliphatic hydroxyl groups is 2. The van der Waals surface area contributed by atoms with Crippen LogP contribution in [0.5, 0.6) is 5.75 Å². The molecular weight excluding hydrogens is 596 g/mol. The molecule has 1 fully saturated rings. The Morgan fingerprint density at radius 3 is 2.45 bits per heavy atom. The molecule has 220 valence electrons. The molecule has 1 amide bonds. The van der Waals surface area contributed by atoms with Crippen LogP contribution in [-0.4, -0.2) is 52.9 Å². The van der Waals surface area contributed by atoms with Crippen LogP contribution in [0.4, 0.5) is 0 Å². The molecule has 3 aromatic carbocycles. The van der Waals surface area contributed by atoms with Crippen LogP contribution >= 0.6 is 15.9 Å². The van der Waals surface area contributed by atoms with Crippen LogP contribution in [0.25, 0.3) is 6.08 Å². The van der Waals surface area contributed by atoms with E-state index in [-0.39, 0.29) is 24.7 Å². The van der Waals surface area contributed by atoms with E-state index in [4.69, 9.17) is 19.6 Å². The molecule has 1 aliphatic carbocycles. The van der Waals surface area contributed by atoms with Crippen molar-refractivity contribution in [2.75, 3.05) is 13.2 Å².